The smallest absolute Gasteiger partial charge is 0.267 e. The molecule has 0 spiro atoms. The summed E-state index contributed by atoms with van der Waals surface area (Å²) >= 11 is 15.4. The lowest BCUT2D eigenvalue weighted by Gasteiger charge is -2.10. The van der Waals surface area contributed by atoms with Crippen molar-refractivity contribution in [1.29, 1.82) is 5.26 Å². The summed E-state index contributed by atoms with van der Waals surface area (Å²) in [5.41, 5.74) is 0.789. The number of methoxy groups -OCH3 is 2. The van der Waals surface area contributed by atoms with Crippen LogP contribution in [0.4, 0.5) is 11.4 Å². The second kappa shape index (κ2) is 9.51. The first-order valence-electron chi connectivity index (χ1n) is 7.44. The van der Waals surface area contributed by atoms with Crippen molar-refractivity contribution in [2.75, 3.05) is 24.9 Å². The third-order valence-corrected chi connectivity index (χ3v) is 4.62. The summed E-state index contributed by atoms with van der Waals surface area (Å²) in [6.07, 6.45) is 1.30. The fourth-order valence-corrected chi connectivity index (χ4v) is 3.08. The summed E-state index contributed by atoms with van der Waals surface area (Å²) in [6.45, 7) is 0. The van der Waals surface area contributed by atoms with Crippen LogP contribution in [0.1, 0.15) is 0 Å². The van der Waals surface area contributed by atoms with Crippen molar-refractivity contribution < 1.29 is 14.3 Å². The molecule has 0 aliphatic carbocycles. The van der Waals surface area contributed by atoms with E-state index in [0.717, 1.165) is 4.47 Å². The zero-order valence-corrected chi connectivity index (χ0v) is 17.4. The Morgan fingerprint density at radius 2 is 1.85 bits per heavy atom. The number of rotatable bonds is 6. The average Bonchev–Trinajstić information content (AvgIpc) is 2.64. The molecule has 0 saturated heterocycles. The standard InChI is InChI=1S/C18H14BrCl2N3O3/c1-26-16-4-3-11(5-12(16)19)23-9-10(8-22)18(25)24-15-7-17(27-2)14(21)6-13(15)20/h3-7,9,23H,1-2H3,(H,24,25). The lowest BCUT2D eigenvalue weighted by Crippen LogP contribution is -2.15. The molecule has 0 radical (unpaired) electrons. The number of anilines is 2. The molecule has 0 unspecified atom stereocenters. The van der Waals surface area contributed by atoms with E-state index in [0.29, 0.717) is 22.2 Å². The molecule has 0 heterocycles. The normalized spacial score (nSPS) is 10.7. The minimum absolute atomic E-state index is 0.146. The van der Waals surface area contributed by atoms with Crippen molar-refractivity contribution in [2.45, 2.75) is 0 Å². The minimum atomic E-state index is -0.635. The highest BCUT2D eigenvalue weighted by molar-refractivity contribution is 9.10. The minimum Gasteiger partial charge on any atom is -0.496 e. The number of nitriles is 1. The van der Waals surface area contributed by atoms with E-state index >= 15 is 0 Å². The summed E-state index contributed by atoms with van der Waals surface area (Å²) in [5, 5.41) is 15.3. The maximum atomic E-state index is 12.4. The third-order valence-electron chi connectivity index (χ3n) is 3.39. The van der Waals surface area contributed by atoms with Gasteiger partial charge in [-0.1, -0.05) is 23.2 Å². The zero-order chi connectivity index (χ0) is 20.0. The lowest BCUT2D eigenvalue weighted by atomic mass is 10.2. The Kier molecular flexibility index (Phi) is 7.36. The number of nitrogens with zero attached hydrogens (tertiary/aromatic N) is 1. The second-order valence-corrected chi connectivity index (χ2v) is 6.75. The first-order chi connectivity index (χ1) is 12.9. The molecule has 2 aromatic carbocycles. The SMILES string of the molecule is COc1cc(NC(=O)C(C#N)=CNc2ccc(OC)c(Br)c2)c(Cl)cc1Cl. The summed E-state index contributed by atoms with van der Waals surface area (Å²) in [7, 11) is 3.00. The molecule has 9 heteroatoms. The van der Waals surface area contributed by atoms with E-state index in [9.17, 15) is 10.1 Å². The average molecular weight is 471 g/mol. The van der Waals surface area contributed by atoms with Crippen molar-refractivity contribution in [3.8, 4) is 17.6 Å². The van der Waals surface area contributed by atoms with Gasteiger partial charge in [0.15, 0.2) is 0 Å². The molecule has 0 saturated carbocycles. The van der Waals surface area contributed by atoms with Crippen molar-refractivity contribution >= 4 is 56.4 Å². The van der Waals surface area contributed by atoms with Crippen LogP contribution in [0.2, 0.25) is 10.0 Å². The van der Waals surface area contributed by atoms with Gasteiger partial charge >= 0.3 is 0 Å². The van der Waals surface area contributed by atoms with E-state index in [1.165, 1.54) is 25.4 Å². The zero-order valence-electron chi connectivity index (χ0n) is 14.3. The number of amides is 1. The second-order valence-electron chi connectivity index (χ2n) is 5.08. The molecule has 0 aliphatic heterocycles. The van der Waals surface area contributed by atoms with E-state index in [1.54, 1.807) is 25.3 Å². The summed E-state index contributed by atoms with van der Waals surface area (Å²) in [5.74, 6) is 0.373. The fourth-order valence-electron chi connectivity index (χ4n) is 2.03. The summed E-state index contributed by atoms with van der Waals surface area (Å²) in [6, 6.07) is 10.0. The van der Waals surface area contributed by atoms with E-state index in [2.05, 4.69) is 26.6 Å². The van der Waals surface area contributed by atoms with Crippen molar-refractivity contribution in [2.24, 2.45) is 0 Å². The van der Waals surface area contributed by atoms with Crippen LogP contribution < -0.4 is 20.1 Å². The molecule has 0 bridgehead atoms. The Hall–Kier alpha value is -2.40. The first-order valence-corrected chi connectivity index (χ1v) is 8.99. The molecule has 27 heavy (non-hydrogen) atoms. The fraction of sp³-hybridized carbons (Fsp3) is 0.111. The molecule has 140 valence electrons. The molecular formula is C18H14BrCl2N3O3. The molecule has 2 aromatic rings. The van der Waals surface area contributed by atoms with Crippen LogP contribution in [0.3, 0.4) is 0 Å². The van der Waals surface area contributed by atoms with Crippen molar-refractivity contribution in [1.82, 2.24) is 0 Å². The Bertz CT molecular complexity index is 942. The van der Waals surface area contributed by atoms with Crippen LogP contribution in [0.25, 0.3) is 0 Å². The van der Waals surface area contributed by atoms with Gasteiger partial charge in [-0.05, 0) is 40.2 Å². The monoisotopic (exact) mass is 469 g/mol. The number of benzene rings is 2. The summed E-state index contributed by atoms with van der Waals surface area (Å²) < 4.78 is 11.0. The molecule has 0 aromatic heterocycles. The van der Waals surface area contributed by atoms with E-state index in [4.69, 9.17) is 32.7 Å². The largest absolute Gasteiger partial charge is 0.496 e. The van der Waals surface area contributed by atoms with Gasteiger partial charge in [0.25, 0.3) is 5.91 Å². The maximum absolute atomic E-state index is 12.4. The molecule has 0 aliphatic rings. The van der Waals surface area contributed by atoms with Crippen LogP contribution in [0.5, 0.6) is 11.5 Å². The van der Waals surface area contributed by atoms with Gasteiger partial charge in [-0.2, -0.15) is 5.26 Å². The number of carbonyl (C=O) groups excluding carboxylic acids is 1. The third kappa shape index (κ3) is 5.30. The number of hydrogen-bond acceptors (Lipinski definition) is 5. The van der Waals surface area contributed by atoms with E-state index in [-0.39, 0.29) is 16.3 Å². The van der Waals surface area contributed by atoms with Crippen molar-refractivity contribution in [3.05, 3.63) is 56.6 Å². The highest BCUT2D eigenvalue weighted by atomic mass is 79.9. The maximum Gasteiger partial charge on any atom is 0.267 e. The predicted octanol–water partition coefficient (Wildman–Crippen LogP) is 5.23. The lowest BCUT2D eigenvalue weighted by molar-refractivity contribution is -0.112. The Morgan fingerprint density at radius 3 is 2.44 bits per heavy atom. The topological polar surface area (TPSA) is 83.4 Å². The molecule has 2 rings (SSSR count). The van der Waals surface area contributed by atoms with Gasteiger partial charge in [0.05, 0.1) is 34.4 Å². The number of halogens is 3. The molecule has 2 N–H and O–H groups in total. The van der Waals surface area contributed by atoms with Gasteiger partial charge in [0, 0.05) is 18.0 Å². The van der Waals surface area contributed by atoms with Gasteiger partial charge in [0.1, 0.15) is 23.1 Å². The Balaban J connectivity index is 2.17. The number of nitrogens with one attached hydrogen (secondary N) is 2. The molecule has 1 amide bonds. The van der Waals surface area contributed by atoms with Gasteiger partial charge < -0.3 is 20.1 Å². The first kappa shape index (κ1) is 20.9. The quantitative estimate of drug-likeness (QED) is 0.446. The predicted molar refractivity (Wildman–Crippen MR) is 110 cm³/mol. The van der Waals surface area contributed by atoms with Crippen molar-refractivity contribution in [3.63, 3.8) is 0 Å². The Morgan fingerprint density at radius 1 is 1.15 bits per heavy atom. The molecule has 0 atom stereocenters. The Labute approximate surface area is 174 Å². The number of hydrogen-bond donors (Lipinski definition) is 2. The highest BCUT2D eigenvalue weighted by Gasteiger charge is 2.14. The van der Waals surface area contributed by atoms with Gasteiger partial charge in [0.2, 0.25) is 0 Å². The van der Waals surface area contributed by atoms with Crippen LogP contribution in [0.15, 0.2) is 46.6 Å². The van der Waals surface area contributed by atoms with E-state index < -0.39 is 5.91 Å². The molecule has 0 fully saturated rings. The van der Waals surface area contributed by atoms with Gasteiger partial charge in [-0.25, -0.2) is 0 Å². The van der Waals surface area contributed by atoms with Gasteiger partial charge in [-0.3, -0.25) is 4.79 Å². The molecule has 6 nitrogen and oxygen atoms in total. The van der Waals surface area contributed by atoms with Crippen LogP contribution >= 0.6 is 39.1 Å². The van der Waals surface area contributed by atoms with E-state index in [1.807, 2.05) is 6.07 Å². The number of carbonyl (C=O) groups is 1. The van der Waals surface area contributed by atoms with Gasteiger partial charge in [-0.15, -0.1) is 0 Å². The van der Waals surface area contributed by atoms with Crippen LogP contribution in [-0.4, -0.2) is 20.1 Å². The summed E-state index contributed by atoms with van der Waals surface area (Å²) in [4.78, 5) is 12.4. The molecular weight excluding hydrogens is 457 g/mol. The van der Waals surface area contributed by atoms with Crippen LogP contribution in [0, 0.1) is 11.3 Å². The number of ether oxygens (including phenoxy) is 2. The highest BCUT2D eigenvalue weighted by Crippen LogP contribution is 2.34. The van der Waals surface area contributed by atoms with Crippen LogP contribution in [-0.2, 0) is 4.79 Å².